The van der Waals surface area contributed by atoms with Crippen molar-refractivity contribution >= 4 is 11.7 Å². The van der Waals surface area contributed by atoms with E-state index in [-0.39, 0.29) is 24.1 Å². The van der Waals surface area contributed by atoms with Crippen LogP contribution in [-0.2, 0) is 11.2 Å². The molecule has 3 heterocycles. The van der Waals surface area contributed by atoms with Crippen molar-refractivity contribution < 1.29 is 9.18 Å². The third-order valence-electron chi connectivity index (χ3n) is 5.36. The second-order valence-corrected chi connectivity index (χ2v) is 7.48. The number of hydrogen-bond donors (Lipinski definition) is 1. The highest BCUT2D eigenvalue weighted by Crippen LogP contribution is 2.29. The van der Waals surface area contributed by atoms with Crippen LogP contribution in [0.2, 0.25) is 0 Å². The van der Waals surface area contributed by atoms with Crippen molar-refractivity contribution in [3.8, 4) is 11.4 Å². The largest absolute Gasteiger partial charge is 0.373 e. The van der Waals surface area contributed by atoms with Crippen LogP contribution in [0, 0.1) is 5.82 Å². The summed E-state index contributed by atoms with van der Waals surface area (Å²) in [6.07, 6.45) is 5.53. The lowest BCUT2D eigenvalue weighted by Crippen LogP contribution is -2.40. The van der Waals surface area contributed by atoms with Gasteiger partial charge in [0.15, 0.2) is 5.82 Å². The molecule has 1 N–H and O–H groups in total. The van der Waals surface area contributed by atoms with Crippen LogP contribution in [0.1, 0.15) is 30.0 Å². The van der Waals surface area contributed by atoms with E-state index in [1.165, 1.54) is 12.1 Å². The van der Waals surface area contributed by atoms with Crippen LogP contribution in [0.15, 0.2) is 54.9 Å². The smallest absolute Gasteiger partial charge is 0.227 e. The molecule has 0 spiro atoms. The standard InChI is InChI=1S/C23H24FN5O/c1-25-21-13-20(27-23(28-21)17-6-3-9-26-14-17)18-7-4-10-29(15-18)22(30)12-16-5-2-8-19(24)11-16/h2-3,5-6,8-9,11,13-14,18H,4,7,10,12,15H2,1H3,(H,25,27,28)/t18-/m0/s1. The lowest BCUT2D eigenvalue weighted by atomic mass is 9.93. The van der Waals surface area contributed by atoms with Crippen molar-refractivity contribution in [1.82, 2.24) is 19.9 Å². The number of rotatable bonds is 5. The van der Waals surface area contributed by atoms with Crippen molar-refractivity contribution in [2.45, 2.75) is 25.2 Å². The van der Waals surface area contributed by atoms with Gasteiger partial charge in [-0.25, -0.2) is 14.4 Å². The van der Waals surface area contributed by atoms with Gasteiger partial charge < -0.3 is 10.2 Å². The molecule has 1 aromatic carbocycles. The fourth-order valence-electron chi connectivity index (χ4n) is 3.81. The first-order valence-corrected chi connectivity index (χ1v) is 10.1. The molecule has 2 aromatic heterocycles. The van der Waals surface area contributed by atoms with E-state index in [4.69, 9.17) is 4.98 Å². The maximum absolute atomic E-state index is 13.4. The third-order valence-corrected chi connectivity index (χ3v) is 5.36. The molecule has 1 aliphatic heterocycles. The van der Waals surface area contributed by atoms with Crippen molar-refractivity contribution in [3.63, 3.8) is 0 Å². The minimum atomic E-state index is -0.319. The normalized spacial score (nSPS) is 16.3. The maximum Gasteiger partial charge on any atom is 0.227 e. The molecule has 0 unspecified atom stereocenters. The molecule has 1 atom stereocenters. The summed E-state index contributed by atoms with van der Waals surface area (Å²) in [5.41, 5.74) is 2.46. The fraction of sp³-hybridized carbons (Fsp3) is 0.304. The topological polar surface area (TPSA) is 71.0 Å². The number of pyridine rings is 1. The summed E-state index contributed by atoms with van der Waals surface area (Å²) in [5, 5.41) is 3.10. The van der Waals surface area contributed by atoms with Gasteiger partial charge in [0.2, 0.25) is 5.91 Å². The minimum absolute atomic E-state index is 0.0145. The number of aromatic nitrogens is 3. The minimum Gasteiger partial charge on any atom is -0.373 e. The molecule has 1 saturated heterocycles. The van der Waals surface area contributed by atoms with Crippen molar-refractivity contribution in [1.29, 1.82) is 0 Å². The van der Waals surface area contributed by atoms with E-state index in [9.17, 15) is 9.18 Å². The Morgan fingerprint density at radius 1 is 1.23 bits per heavy atom. The van der Waals surface area contributed by atoms with Crippen LogP contribution < -0.4 is 5.32 Å². The first-order valence-electron chi connectivity index (χ1n) is 10.1. The van der Waals surface area contributed by atoms with Gasteiger partial charge in [-0.2, -0.15) is 0 Å². The van der Waals surface area contributed by atoms with Gasteiger partial charge in [-0.1, -0.05) is 12.1 Å². The van der Waals surface area contributed by atoms with Gasteiger partial charge in [0.25, 0.3) is 0 Å². The number of carbonyl (C=O) groups excluding carboxylic acids is 1. The second-order valence-electron chi connectivity index (χ2n) is 7.48. The van der Waals surface area contributed by atoms with E-state index in [1.54, 1.807) is 24.5 Å². The first kappa shape index (κ1) is 19.9. The molecule has 3 aromatic rings. The van der Waals surface area contributed by atoms with Gasteiger partial charge in [0.05, 0.1) is 12.1 Å². The number of piperidine rings is 1. The highest BCUT2D eigenvalue weighted by atomic mass is 19.1. The van der Waals surface area contributed by atoms with E-state index in [2.05, 4.69) is 15.3 Å². The quantitative estimate of drug-likeness (QED) is 0.701. The molecule has 0 saturated carbocycles. The highest BCUT2D eigenvalue weighted by molar-refractivity contribution is 5.79. The zero-order valence-corrected chi connectivity index (χ0v) is 16.9. The van der Waals surface area contributed by atoms with Gasteiger partial charge in [-0.3, -0.25) is 9.78 Å². The molecular weight excluding hydrogens is 381 g/mol. The molecule has 30 heavy (non-hydrogen) atoms. The predicted octanol–water partition coefficient (Wildman–Crippen LogP) is 3.67. The lowest BCUT2D eigenvalue weighted by molar-refractivity contribution is -0.131. The Bertz CT molecular complexity index is 1030. The molecule has 0 aliphatic carbocycles. The summed E-state index contributed by atoms with van der Waals surface area (Å²) in [4.78, 5) is 28.2. The summed E-state index contributed by atoms with van der Waals surface area (Å²) in [5.74, 6) is 1.18. The summed E-state index contributed by atoms with van der Waals surface area (Å²) in [6.45, 7) is 1.31. The first-order chi connectivity index (χ1) is 14.6. The van der Waals surface area contributed by atoms with Crippen LogP contribution in [0.25, 0.3) is 11.4 Å². The number of hydrogen-bond acceptors (Lipinski definition) is 5. The molecule has 1 fully saturated rings. The van der Waals surface area contributed by atoms with Gasteiger partial charge in [-0.05, 0) is 42.7 Å². The molecule has 154 valence electrons. The number of nitrogens with zero attached hydrogens (tertiary/aromatic N) is 4. The van der Waals surface area contributed by atoms with E-state index >= 15 is 0 Å². The average molecular weight is 405 g/mol. The van der Waals surface area contributed by atoms with Gasteiger partial charge in [-0.15, -0.1) is 0 Å². The molecule has 1 aliphatic rings. The molecular formula is C23H24FN5O. The summed E-state index contributed by atoms with van der Waals surface area (Å²) in [7, 11) is 1.83. The highest BCUT2D eigenvalue weighted by Gasteiger charge is 2.26. The number of anilines is 1. The molecule has 0 radical (unpaired) electrons. The van der Waals surface area contributed by atoms with Crippen LogP contribution in [0.4, 0.5) is 10.2 Å². The molecule has 4 rings (SSSR count). The zero-order valence-electron chi connectivity index (χ0n) is 16.9. The Labute approximate surface area is 175 Å². The molecule has 0 bridgehead atoms. The van der Waals surface area contributed by atoms with Crippen LogP contribution in [0.5, 0.6) is 0 Å². The SMILES string of the molecule is CNc1cc([C@H]2CCCN(C(=O)Cc3cccc(F)c3)C2)nc(-c2cccnc2)n1. The van der Waals surface area contributed by atoms with E-state index < -0.39 is 0 Å². The van der Waals surface area contributed by atoms with Crippen molar-refractivity contribution in [2.24, 2.45) is 0 Å². The van der Waals surface area contributed by atoms with Gasteiger partial charge >= 0.3 is 0 Å². The summed E-state index contributed by atoms with van der Waals surface area (Å²) in [6, 6.07) is 12.0. The average Bonchev–Trinajstić information content (AvgIpc) is 2.79. The van der Waals surface area contributed by atoms with E-state index in [1.807, 2.05) is 30.1 Å². The zero-order chi connectivity index (χ0) is 20.9. The predicted molar refractivity (Wildman–Crippen MR) is 113 cm³/mol. The van der Waals surface area contributed by atoms with E-state index in [0.29, 0.717) is 24.5 Å². The number of carbonyl (C=O) groups is 1. The lowest BCUT2D eigenvalue weighted by Gasteiger charge is -2.33. The Morgan fingerprint density at radius 2 is 2.13 bits per heavy atom. The fourth-order valence-corrected chi connectivity index (χ4v) is 3.81. The third kappa shape index (κ3) is 4.62. The Kier molecular flexibility index (Phi) is 5.97. The molecule has 1 amide bonds. The second kappa shape index (κ2) is 8.98. The van der Waals surface area contributed by atoms with Crippen molar-refractivity contribution in [2.75, 3.05) is 25.5 Å². The monoisotopic (exact) mass is 405 g/mol. The number of likely N-dealkylation sites (tertiary alicyclic amines) is 1. The Balaban J connectivity index is 1.53. The molecule has 7 heteroatoms. The van der Waals surface area contributed by atoms with Crippen LogP contribution >= 0.6 is 0 Å². The summed E-state index contributed by atoms with van der Waals surface area (Å²) >= 11 is 0. The van der Waals surface area contributed by atoms with E-state index in [0.717, 1.165) is 29.9 Å². The maximum atomic E-state index is 13.4. The number of amides is 1. The van der Waals surface area contributed by atoms with Crippen molar-refractivity contribution in [3.05, 3.63) is 71.9 Å². The summed E-state index contributed by atoms with van der Waals surface area (Å²) < 4.78 is 13.4. The number of benzene rings is 1. The van der Waals surface area contributed by atoms with Crippen LogP contribution in [0.3, 0.4) is 0 Å². The molecule has 6 nitrogen and oxygen atoms in total. The number of halogens is 1. The Hall–Kier alpha value is -3.35. The van der Waals surface area contributed by atoms with Gasteiger partial charge in [0.1, 0.15) is 11.6 Å². The Morgan fingerprint density at radius 3 is 2.90 bits per heavy atom. The van der Waals surface area contributed by atoms with Gasteiger partial charge in [0, 0.05) is 50.1 Å². The van der Waals surface area contributed by atoms with Crippen LogP contribution in [-0.4, -0.2) is 45.9 Å². The number of nitrogens with one attached hydrogen (secondary N) is 1.